The van der Waals surface area contributed by atoms with Crippen molar-refractivity contribution in [1.29, 1.82) is 0 Å². The van der Waals surface area contributed by atoms with Crippen molar-refractivity contribution in [2.45, 2.75) is 13.1 Å². The molecule has 0 bridgehead atoms. The van der Waals surface area contributed by atoms with Crippen molar-refractivity contribution in [1.82, 2.24) is 5.32 Å². The Hall–Kier alpha value is -1.60. The Morgan fingerprint density at radius 1 is 1.07 bits per heavy atom. The average Bonchev–Trinajstić information content (AvgIpc) is 3.07. The second-order valence-electron chi connectivity index (χ2n) is 7.40. The average molecular weight is 409 g/mol. The molecule has 3 rings (SSSR count). The van der Waals surface area contributed by atoms with Crippen molar-refractivity contribution < 1.29 is 14.6 Å². The number of halogens is 1. The number of carbonyl (C=O) groups is 1. The van der Waals surface area contributed by atoms with E-state index in [0.29, 0.717) is 13.1 Å². The fraction of sp³-hybridized carbons (Fsp3) is 0.450. The molecule has 1 aliphatic rings. The van der Waals surface area contributed by atoms with Crippen LogP contribution in [0.4, 0.5) is 5.69 Å². The molecule has 2 heterocycles. The van der Waals surface area contributed by atoms with Gasteiger partial charge in [0.2, 0.25) is 0 Å². The summed E-state index contributed by atoms with van der Waals surface area (Å²) in [6, 6.07) is 12.4. The molecule has 5 nitrogen and oxygen atoms in total. The summed E-state index contributed by atoms with van der Waals surface area (Å²) in [7, 11) is 4.05. The molecule has 0 atom stereocenters. The summed E-state index contributed by atoms with van der Waals surface area (Å²) >= 11 is 7.68. The Kier molecular flexibility index (Phi) is 7.13. The van der Waals surface area contributed by atoms with E-state index in [4.69, 9.17) is 11.6 Å². The zero-order valence-corrected chi connectivity index (χ0v) is 17.6. The number of amides is 1. The first-order valence-electron chi connectivity index (χ1n) is 9.44. The number of hydrogen-bond donors (Lipinski definition) is 3. The van der Waals surface area contributed by atoms with E-state index in [2.05, 4.69) is 40.5 Å². The molecule has 3 N–H and O–H groups in total. The summed E-state index contributed by atoms with van der Waals surface area (Å²) in [4.78, 5) is 18.6. The normalized spacial score (nSPS) is 19.7. The molecular formula is C20H29ClN4OS+2. The van der Waals surface area contributed by atoms with Gasteiger partial charge in [0.25, 0.3) is 5.91 Å². The number of hydrogen-bond acceptors (Lipinski definition) is 3. The molecule has 27 heavy (non-hydrogen) atoms. The number of piperazine rings is 1. The Morgan fingerprint density at radius 3 is 2.33 bits per heavy atom. The number of nitrogens with zero attached hydrogens (tertiary/aromatic N) is 1. The van der Waals surface area contributed by atoms with Gasteiger partial charge in [0.05, 0.1) is 9.21 Å². The van der Waals surface area contributed by atoms with Crippen molar-refractivity contribution in [3.05, 3.63) is 51.2 Å². The fourth-order valence-electron chi connectivity index (χ4n) is 3.41. The molecule has 1 aliphatic heterocycles. The zero-order valence-electron chi connectivity index (χ0n) is 16.1. The Bertz CT molecular complexity index is 739. The van der Waals surface area contributed by atoms with Crippen LogP contribution in [0.15, 0.2) is 36.4 Å². The van der Waals surface area contributed by atoms with E-state index in [9.17, 15) is 4.79 Å². The smallest absolute Gasteiger partial charge is 0.275 e. The summed E-state index contributed by atoms with van der Waals surface area (Å²) in [6.45, 7) is 6.48. The lowest BCUT2D eigenvalue weighted by Crippen LogP contribution is -3.28. The molecule has 0 aliphatic carbocycles. The summed E-state index contributed by atoms with van der Waals surface area (Å²) in [6.07, 6.45) is 0. The Morgan fingerprint density at radius 2 is 1.74 bits per heavy atom. The number of thiophene rings is 1. The number of benzene rings is 1. The van der Waals surface area contributed by atoms with Crippen molar-refractivity contribution in [3.63, 3.8) is 0 Å². The number of anilines is 1. The van der Waals surface area contributed by atoms with Crippen LogP contribution in [-0.2, 0) is 17.9 Å². The second kappa shape index (κ2) is 9.55. The van der Waals surface area contributed by atoms with E-state index in [0.717, 1.165) is 42.6 Å². The van der Waals surface area contributed by atoms with Crippen LogP contribution in [0.5, 0.6) is 0 Å². The summed E-state index contributed by atoms with van der Waals surface area (Å²) in [5.74, 6) is 0.134. The number of quaternary nitrogens is 2. The standard InChI is InChI=1S/C20H27ClN4OS/c1-23(2)17-5-3-16(4-6-17)13-22-20(26)15-25-11-9-24(10-12-25)14-18-7-8-19(21)27-18/h3-8H,9-15H2,1-2H3,(H,22,26)/p+2. The van der Waals surface area contributed by atoms with E-state index < -0.39 is 0 Å². The van der Waals surface area contributed by atoms with Gasteiger partial charge in [-0.2, -0.15) is 0 Å². The lowest BCUT2D eigenvalue weighted by molar-refractivity contribution is -1.01. The van der Waals surface area contributed by atoms with Gasteiger partial charge < -0.3 is 20.0 Å². The SMILES string of the molecule is CN(C)c1ccc(CNC(=O)C[NH+]2CC[NH+](Cc3ccc(Cl)s3)CC2)cc1. The Balaban J connectivity index is 1.36. The predicted octanol–water partition coefficient (Wildman–Crippen LogP) is 0.0673. The van der Waals surface area contributed by atoms with Crippen LogP contribution in [-0.4, -0.2) is 52.7 Å². The van der Waals surface area contributed by atoms with E-state index in [-0.39, 0.29) is 5.91 Å². The number of rotatable bonds is 7. The van der Waals surface area contributed by atoms with E-state index in [1.54, 1.807) is 16.2 Å². The van der Waals surface area contributed by atoms with Crippen LogP contribution >= 0.6 is 22.9 Å². The molecule has 146 valence electrons. The molecule has 2 aromatic rings. The van der Waals surface area contributed by atoms with Crippen LogP contribution < -0.4 is 20.0 Å². The molecule has 7 heteroatoms. The van der Waals surface area contributed by atoms with Gasteiger partial charge in [0.1, 0.15) is 32.7 Å². The lowest BCUT2D eigenvalue weighted by atomic mass is 10.2. The quantitative estimate of drug-likeness (QED) is 0.606. The van der Waals surface area contributed by atoms with Gasteiger partial charge in [-0.25, -0.2) is 0 Å². The molecule has 1 fully saturated rings. The summed E-state index contributed by atoms with van der Waals surface area (Å²) < 4.78 is 0.863. The maximum atomic E-state index is 12.3. The van der Waals surface area contributed by atoms with E-state index >= 15 is 0 Å². The van der Waals surface area contributed by atoms with Gasteiger partial charge >= 0.3 is 0 Å². The second-order valence-corrected chi connectivity index (χ2v) is 9.20. The van der Waals surface area contributed by atoms with Crippen molar-refractivity contribution >= 4 is 34.5 Å². The molecule has 1 aromatic heterocycles. The van der Waals surface area contributed by atoms with Crippen molar-refractivity contribution in [2.24, 2.45) is 0 Å². The third kappa shape index (κ3) is 6.21. The molecule has 0 unspecified atom stereocenters. The lowest BCUT2D eigenvalue weighted by Gasteiger charge is -2.29. The van der Waals surface area contributed by atoms with Crippen LogP contribution in [0.2, 0.25) is 4.34 Å². The number of carbonyl (C=O) groups excluding carboxylic acids is 1. The molecule has 0 radical (unpaired) electrons. The van der Waals surface area contributed by atoms with Crippen LogP contribution in [0, 0.1) is 0 Å². The molecular weight excluding hydrogens is 380 g/mol. The fourth-order valence-corrected chi connectivity index (χ4v) is 4.57. The highest BCUT2D eigenvalue weighted by Gasteiger charge is 2.25. The maximum absolute atomic E-state index is 12.3. The molecule has 0 saturated carbocycles. The van der Waals surface area contributed by atoms with Gasteiger partial charge in [-0.05, 0) is 29.8 Å². The minimum Gasteiger partial charge on any atom is -0.378 e. The highest BCUT2D eigenvalue weighted by Crippen LogP contribution is 2.20. The third-order valence-electron chi connectivity index (χ3n) is 5.07. The minimum atomic E-state index is 0.134. The van der Waals surface area contributed by atoms with Crippen molar-refractivity contribution in [3.8, 4) is 0 Å². The first-order valence-corrected chi connectivity index (χ1v) is 10.6. The zero-order chi connectivity index (χ0) is 19.2. The van der Waals surface area contributed by atoms with Gasteiger partial charge in [-0.3, -0.25) is 4.79 Å². The van der Waals surface area contributed by atoms with Gasteiger partial charge in [-0.15, -0.1) is 11.3 Å². The maximum Gasteiger partial charge on any atom is 0.275 e. The highest BCUT2D eigenvalue weighted by atomic mass is 35.5. The van der Waals surface area contributed by atoms with Crippen LogP contribution in [0.1, 0.15) is 10.4 Å². The largest absolute Gasteiger partial charge is 0.378 e. The van der Waals surface area contributed by atoms with Crippen LogP contribution in [0.3, 0.4) is 0 Å². The molecule has 1 aromatic carbocycles. The van der Waals surface area contributed by atoms with Crippen molar-refractivity contribution in [2.75, 3.05) is 51.7 Å². The predicted molar refractivity (Wildman–Crippen MR) is 112 cm³/mol. The third-order valence-corrected chi connectivity index (χ3v) is 6.30. The topological polar surface area (TPSA) is 41.2 Å². The number of nitrogens with one attached hydrogen (secondary N) is 3. The highest BCUT2D eigenvalue weighted by molar-refractivity contribution is 7.16. The van der Waals surface area contributed by atoms with Gasteiger partial charge in [-0.1, -0.05) is 23.7 Å². The monoisotopic (exact) mass is 408 g/mol. The van der Waals surface area contributed by atoms with Gasteiger partial charge in [0.15, 0.2) is 6.54 Å². The Labute approximate surface area is 170 Å². The first kappa shape index (κ1) is 20.1. The van der Waals surface area contributed by atoms with E-state index in [1.165, 1.54) is 15.5 Å². The summed E-state index contributed by atoms with van der Waals surface area (Å²) in [5, 5.41) is 3.06. The molecule has 1 saturated heterocycles. The van der Waals surface area contributed by atoms with Crippen LogP contribution in [0.25, 0.3) is 0 Å². The molecule has 0 spiro atoms. The molecule has 1 amide bonds. The van der Waals surface area contributed by atoms with E-state index in [1.807, 2.05) is 20.2 Å². The first-order chi connectivity index (χ1) is 13.0. The minimum absolute atomic E-state index is 0.134. The summed E-state index contributed by atoms with van der Waals surface area (Å²) in [5.41, 5.74) is 2.30. The van der Waals surface area contributed by atoms with Gasteiger partial charge in [0, 0.05) is 26.3 Å².